The number of benzene rings is 5. The predicted molar refractivity (Wildman–Crippen MR) is 158 cm³/mol. The van der Waals surface area contributed by atoms with Crippen molar-refractivity contribution in [2.24, 2.45) is 0 Å². The Morgan fingerprint density at radius 1 is 0.795 bits per heavy atom. The number of amides is 1. The van der Waals surface area contributed by atoms with Gasteiger partial charge in [-0.05, 0) is 63.7 Å². The van der Waals surface area contributed by atoms with Crippen molar-refractivity contribution in [1.29, 1.82) is 0 Å². The van der Waals surface area contributed by atoms with Gasteiger partial charge in [0.05, 0.1) is 0 Å². The Morgan fingerprint density at radius 3 is 1.90 bits per heavy atom. The van der Waals surface area contributed by atoms with Crippen LogP contribution in [0.4, 0.5) is 5.69 Å². The maximum atomic E-state index is 14.3. The van der Waals surface area contributed by atoms with E-state index in [9.17, 15) is 14.3 Å². The summed E-state index contributed by atoms with van der Waals surface area (Å²) < 4.78 is 18.5. The molecule has 3 atom stereocenters. The summed E-state index contributed by atoms with van der Waals surface area (Å²) in [6.07, 6.45) is 0. The molecule has 0 radical (unpaired) electrons. The number of carbonyl (C=O) groups excluding carboxylic acids is 1. The number of anilines is 1. The van der Waals surface area contributed by atoms with E-state index in [0.717, 1.165) is 38.2 Å². The lowest BCUT2D eigenvalue weighted by Crippen LogP contribution is -2.36. The molecule has 0 aliphatic rings. The smallest absolute Gasteiger partial charge is 0.324 e. The average molecular weight is 539 g/mol. The van der Waals surface area contributed by atoms with Gasteiger partial charge in [-0.25, -0.2) is 0 Å². The molecule has 6 nitrogen and oxygen atoms in total. The molecule has 5 rings (SSSR count). The number of aryl methyl sites for hydroxylation is 2. The molecule has 5 aromatic carbocycles. The molecule has 1 amide bonds. The first kappa shape index (κ1) is 26.8. The first-order chi connectivity index (χ1) is 18.8. The van der Waals surface area contributed by atoms with Gasteiger partial charge in [-0.3, -0.25) is 14.7 Å². The second-order valence-electron chi connectivity index (χ2n) is 9.65. The third-order valence-corrected chi connectivity index (χ3v) is 8.74. The zero-order valence-electron chi connectivity index (χ0n) is 22.1. The summed E-state index contributed by atoms with van der Waals surface area (Å²) in [5, 5.41) is 10.1. The van der Waals surface area contributed by atoms with E-state index in [-0.39, 0.29) is 5.91 Å². The van der Waals surface area contributed by atoms with Crippen LogP contribution in [-0.2, 0) is 13.9 Å². The van der Waals surface area contributed by atoms with Crippen molar-refractivity contribution in [3.63, 3.8) is 0 Å². The van der Waals surface area contributed by atoms with E-state index in [1.807, 2.05) is 86.6 Å². The van der Waals surface area contributed by atoms with E-state index in [1.165, 1.54) is 7.11 Å². The highest BCUT2D eigenvalue weighted by molar-refractivity contribution is 7.53. The van der Waals surface area contributed by atoms with Gasteiger partial charge in [0.1, 0.15) is 11.8 Å². The summed E-state index contributed by atoms with van der Waals surface area (Å²) in [5.74, 6) is -1.50. The molecule has 39 heavy (non-hydrogen) atoms. The Hall–Kier alpha value is -3.80. The van der Waals surface area contributed by atoms with Gasteiger partial charge in [0.2, 0.25) is 5.91 Å². The first-order valence-corrected chi connectivity index (χ1v) is 14.4. The van der Waals surface area contributed by atoms with Gasteiger partial charge < -0.3 is 14.7 Å². The Balaban J connectivity index is 1.74. The van der Waals surface area contributed by atoms with Crippen LogP contribution in [0.25, 0.3) is 21.5 Å². The first-order valence-electron chi connectivity index (χ1n) is 12.8. The zero-order valence-corrected chi connectivity index (χ0v) is 23.0. The van der Waals surface area contributed by atoms with E-state index in [4.69, 9.17) is 4.52 Å². The third kappa shape index (κ3) is 5.38. The molecule has 0 spiro atoms. The molecule has 7 heteroatoms. The van der Waals surface area contributed by atoms with Crippen LogP contribution in [0.1, 0.15) is 34.1 Å². The van der Waals surface area contributed by atoms with E-state index in [1.54, 1.807) is 24.3 Å². The summed E-state index contributed by atoms with van der Waals surface area (Å²) in [6, 6.07) is 31.6. The maximum absolute atomic E-state index is 14.3. The maximum Gasteiger partial charge on any atom is 0.349 e. The predicted octanol–water partition coefficient (Wildman–Crippen LogP) is 7.41. The molecule has 0 saturated heterocycles. The molecule has 3 N–H and O–H groups in total. The second-order valence-corrected chi connectivity index (χ2v) is 11.7. The molecule has 0 saturated carbocycles. The van der Waals surface area contributed by atoms with Gasteiger partial charge in [-0.2, -0.15) is 0 Å². The molecule has 0 aromatic heterocycles. The van der Waals surface area contributed by atoms with Crippen LogP contribution >= 0.6 is 7.60 Å². The molecular formula is C32H31N2O4P. The summed E-state index contributed by atoms with van der Waals surface area (Å²) in [7, 11) is -3.03. The topological polar surface area (TPSA) is 87.7 Å². The minimum atomic E-state index is -4.23. The quantitative estimate of drug-likeness (QED) is 0.141. The summed E-state index contributed by atoms with van der Waals surface area (Å²) in [6.45, 7) is 3.88. The highest BCUT2D eigenvalue weighted by Crippen LogP contribution is 2.55. The van der Waals surface area contributed by atoms with Crippen LogP contribution in [0.15, 0.2) is 103 Å². The van der Waals surface area contributed by atoms with Crippen molar-refractivity contribution >= 4 is 40.7 Å². The molecule has 0 aliphatic heterocycles. The number of hydrogen-bond acceptors (Lipinski definition) is 4. The number of hydrogen-bond donors (Lipinski definition) is 3. The molecule has 0 aliphatic carbocycles. The van der Waals surface area contributed by atoms with E-state index < -0.39 is 19.4 Å². The fourth-order valence-electron chi connectivity index (χ4n) is 5.13. The average Bonchev–Trinajstić information content (AvgIpc) is 2.95. The normalized spacial score (nSPS) is 14.6. The van der Waals surface area contributed by atoms with Crippen LogP contribution in [0, 0.1) is 13.8 Å². The number of para-hydroxylation sites is 1. The third-order valence-electron chi connectivity index (χ3n) is 7.12. The SMILES string of the molecule is COP(=O)(O)C(NC(C(=O)Nc1c(C)cccc1C)c1c2ccccc2cc2ccccc12)c1ccccc1. The summed E-state index contributed by atoms with van der Waals surface area (Å²) in [5.41, 5.74) is 3.83. The Bertz CT molecular complexity index is 1630. The number of nitrogens with one attached hydrogen (secondary N) is 2. The second kappa shape index (κ2) is 11.1. The van der Waals surface area contributed by atoms with Crippen LogP contribution < -0.4 is 10.6 Å². The van der Waals surface area contributed by atoms with Gasteiger partial charge in [-0.1, -0.05) is 97.1 Å². The number of fused-ring (bicyclic) bond motifs is 2. The Kier molecular flexibility index (Phi) is 7.65. The van der Waals surface area contributed by atoms with Gasteiger partial charge >= 0.3 is 7.60 Å². The van der Waals surface area contributed by atoms with Crippen molar-refractivity contribution in [3.8, 4) is 0 Å². The fourth-order valence-corrected chi connectivity index (χ4v) is 6.23. The van der Waals surface area contributed by atoms with E-state index in [0.29, 0.717) is 11.3 Å². The van der Waals surface area contributed by atoms with Crippen molar-refractivity contribution in [2.45, 2.75) is 25.7 Å². The van der Waals surface area contributed by atoms with Crippen LogP contribution in [0.2, 0.25) is 0 Å². The van der Waals surface area contributed by atoms with Crippen molar-refractivity contribution in [2.75, 3.05) is 12.4 Å². The van der Waals surface area contributed by atoms with Gasteiger partial charge in [0.15, 0.2) is 0 Å². The van der Waals surface area contributed by atoms with E-state index in [2.05, 4.69) is 16.7 Å². The molecule has 0 bridgehead atoms. The lowest BCUT2D eigenvalue weighted by molar-refractivity contribution is -0.118. The molecule has 5 aromatic rings. The van der Waals surface area contributed by atoms with Crippen molar-refractivity contribution in [3.05, 3.63) is 125 Å². The van der Waals surface area contributed by atoms with Crippen LogP contribution in [-0.4, -0.2) is 17.9 Å². The van der Waals surface area contributed by atoms with Crippen molar-refractivity contribution < 1.29 is 18.8 Å². The largest absolute Gasteiger partial charge is 0.349 e. The van der Waals surface area contributed by atoms with Gasteiger partial charge in [0, 0.05) is 12.8 Å². The highest BCUT2D eigenvalue weighted by Gasteiger charge is 2.38. The molecule has 3 unspecified atom stereocenters. The summed E-state index contributed by atoms with van der Waals surface area (Å²) in [4.78, 5) is 25.3. The lowest BCUT2D eigenvalue weighted by Gasteiger charge is -2.30. The molecule has 198 valence electrons. The standard InChI is InChI=1S/C32H31N2O4P/c1-21-12-11-13-22(2)29(21)33-31(35)30(34-32(39(36,37)38-3)23-14-5-4-6-15-23)28-26-18-9-7-16-24(26)20-25-17-8-10-19-27(25)28/h4-20,30,32,34H,1-3H3,(H,33,35)(H,36,37). The fraction of sp³-hybridized carbons (Fsp3) is 0.156. The Morgan fingerprint density at radius 2 is 1.33 bits per heavy atom. The van der Waals surface area contributed by atoms with Crippen LogP contribution in [0.3, 0.4) is 0 Å². The van der Waals surface area contributed by atoms with E-state index >= 15 is 0 Å². The van der Waals surface area contributed by atoms with Crippen molar-refractivity contribution in [1.82, 2.24) is 5.32 Å². The van der Waals surface area contributed by atoms with Gasteiger partial charge in [-0.15, -0.1) is 0 Å². The van der Waals surface area contributed by atoms with Crippen LogP contribution in [0.5, 0.6) is 0 Å². The zero-order chi connectivity index (χ0) is 27.6. The molecule has 0 fully saturated rings. The summed E-state index contributed by atoms with van der Waals surface area (Å²) >= 11 is 0. The number of rotatable bonds is 8. The minimum Gasteiger partial charge on any atom is -0.324 e. The highest BCUT2D eigenvalue weighted by atomic mass is 31.2. The monoisotopic (exact) mass is 538 g/mol. The molecular weight excluding hydrogens is 507 g/mol. The number of carbonyl (C=O) groups is 1. The molecule has 0 heterocycles. The lowest BCUT2D eigenvalue weighted by atomic mass is 9.91. The Labute approximate surface area is 228 Å². The minimum absolute atomic E-state index is 0.342. The van der Waals surface area contributed by atoms with Gasteiger partial charge in [0.25, 0.3) is 0 Å².